The Morgan fingerprint density at radius 3 is 2.46 bits per heavy atom. The van der Waals surface area contributed by atoms with E-state index in [4.69, 9.17) is 4.74 Å². The van der Waals surface area contributed by atoms with Crippen molar-refractivity contribution in [2.75, 3.05) is 18.1 Å². The zero-order chi connectivity index (χ0) is 29.0. The van der Waals surface area contributed by atoms with E-state index in [2.05, 4.69) is 15.9 Å². The monoisotopic (exact) mass is 618 g/mol. The highest BCUT2D eigenvalue weighted by Gasteiger charge is 2.57. The van der Waals surface area contributed by atoms with E-state index in [1.165, 1.54) is 30.3 Å². The molecule has 4 atom stereocenters. The number of ketones is 2. The summed E-state index contributed by atoms with van der Waals surface area (Å²) in [5, 5.41) is 20.5. The van der Waals surface area contributed by atoms with E-state index in [-0.39, 0.29) is 53.5 Å². The Morgan fingerprint density at radius 1 is 1.02 bits per heavy atom. The minimum Gasteiger partial charge on any atom is -0.491 e. The molecular weight excluding hydrogens is 596 g/mol. The summed E-state index contributed by atoms with van der Waals surface area (Å²) >= 11 is 3.22. The molecule has 4 unspecified atom stereocenters. The molecule has 3 aliphatic carbocycles. The van der Waals surface area contributed by atoms with Crippen molar-refractivity contribution in [3.8, 4) is 5.75 Å². The number of carbonyl (C=O) groups is 4. The molecule has 2 amide bonds. The molecule has 10 nitrogen and oxygen atoms in total. The molecule has 11 heteroatoms. The van der Waals surface area contributed by atoms with Gasteiger partial charge in [0.25, 0.3) is 5.69 Å². The number of nitrogens with zero attached hydrogens (tertiary/aromatic N) is 2. The van der Waals surface area contributed by atoms with Crippen LogP contribution in [0.4, 0.5) is 11.4 Å². The Hall–Kier alpha value is -4.22. The number of para-hydroxylation sites is 1. The van der Waals surface area contributed by atoms with Crippen LogP contribution in [0, 0.1) is 27.9 Å². The SMILES string of the molecule is O=C1C=C(Br)C(=O)C2=C1C(c1ccccc1OCCO)C1=CCC3C(=O)N(c4ccc([N+](=O)[O-])cc4)C(=O)C3C1C2. The highest BCUT2D eigenvalue weighted by Crippen LogP contribution is 2.56. The lowest BCUT2D eigenvalue weighted by Gasteiger charge is -2.42. The Kier molecular flexibility index (Phi) is 6.79. The van der Waals surface area contributed by atoms with Crippen molar-refractivity contribution in [2.45, 2.75) is 18.8 Å². The number of rotatable bonds is 6. The number of aliphatic hydroxyl groups is 1. The van der Waals surface area contributed by atoms with Gasteiger partial charge in [-0.25, -0.2) is 0 Å². The number of nitro benzene ring substituents is 1. The number of halogens is 1. The number of amides is 2. The first-order chi connectivity index (χ1) is 19.7. The third-order valence-electron chi connectivity index (χ3n) is 8.23. The molecule has 0 radical (unpaired) electrons. The number of non-ortho nitro benzene ring substituents is 1. The highest BCUT2D eigenvalue weighted by molar-refractivity contribution is 9.12. The van der Waals surface area contributed by atoms with E-state index in [9.17, 15) is 34.4 Å². The van der Waals surface area contributed by atoms with Crippen LogP contribution in [0.1, 0.15) is 24.3 Å². The van der Waals surface area contributed by atoms with Crippen LogP contribution >= 0.6 is 15.9 Å². The molecule has 4 aliphatic rings. The maximum Gasteiger partial charge on any atom is 0.269 e. The van der Waals surface area contributed by atoms with Gasteiger partial charge < -0.3 is 9.84 Å². The molecule has 1 saturated heterocycles. The van der Waals surface area contributed by atoms with Gasteiger partial charge in [-0.2, -0.15) is 0 Å². The molecule has 1 fully saturated rings. The zero-order valence-electron chi connectivity index (χ0n) is 21.5. The summed E-state index contributed by atoms with van der Waals surface area (Å²) in [6.45, 7) is -0.192. The van der Waals surface area contributed by atoms with Gasteiger partial charge in [0.2, 0.25) is 11.8 Å². The third-order valence-corrected chi connectivity index (χ3v) is 8.82. The summed E-state index contributed by atoms with van der Waals surface area (Å²) in [5.41, 5.74) is 2.09. The second-order valence-corrected chi connectivity index (χ2v) is 11.1. The van der Waals surface area contributed by atoms with E-state index in [0.29, 0.717) is 22.5 Å². The highest BCUT2D eigenvalue weighted by atomic mass is 79.9. The molecule has 0 bridgehead atoms. The van der Waals surface area contributed by atoms with E-state index in [1.807, 2.05) is 6.08 Å². The Bertz CT molecular complexity index is 1620. The molecule has 1 N–H and O–H groups in total. The molecule has 208 valence electrons. The normalized spacial score (nSPS) is 25.4. The molecule has 41 heavy (non-hydrogen) atoms. The number of benzene rings is 2. The maximum absolute atomic E-state index is 13.9. The van der Waals surface area contributed by atoms with Gasteiger partial charge in [-0.1, -0.05) is 29.8 Å². The van der Waals surface area contributed by atoms with Gasteiger partial charge in [-0.05, 0) is 52.9 Å². The van der Waals surface area contributed by atoms with Crippen LogP contribution in [0.15, 0.2) is 81.9 Å². The number of hydrogen-bond donors (Lipinski definition) is 1. The van der Waals surface area contributed by atoms with Crippen molar-refractivity contribution in [2.24, 2.45) is 17.8 Å². The Labute approximate surface area is 242 Å². The van der Waals surface area contributed by atoms with Crippen molar-refractivity contribution in [1.82, 2.24) is 0 Å². The van der Waals surface area contributed by atoms with Gasteiger partial charge in [-0.3, -0.25) is 34.2 Å². The van der Waals surface area contributed by atoms with E-state index in [0.717, 1.165) is 10.5 Å². The van der Waals surface area contributed by atoms with Crippen LogP contribution in [0.3, 0.4) is 0 Å². The summed E-state index contributed by atoms with van der Waals surface area (Å²) in [4.78, 5) is 66.0. The number of anilines is 1. The fraction of sp³-hybridized carbons (Fsp3) is 0.267. The number of Topliss-reactive ketones (excluding diaryl/α,β-unsaturated/α-hetero) is 1. The lowest BCUT2D eigenvalue weighted by molar-refractivity contribution is -0.384. The Balaban J connectivity index is 1.46. The number of hydrogen-bond acceptors (Lipinski definition) is 8. The third kappa shape index (κ3) is 4.27. The first kappa shape index (κ1) is 27.0. The fourth-order valence-corrected chi connectivity index (χ4v) is 6.99. The summed E-state index contributed by atoms with van der Waals surface area (Å²) in [6, 6.07) is 12.3. The minimum absolute atomic E-state index is 0.0261. The van der Waals surface area contributed by atoms with Crippen molar-refractivity contribution in [3.63, 3.8) is 0 Å². The van der Waals surface area contributed by atoms with E-state index < -0.39 is 40.4 Å². The maximum atomic E-state index is 13.9. The number of carbonyl (C=O) groups excluding carboxylic acids is 4. The van der Waals surface area contributed by atoms with Crippen LogP contribution in [0.2, 0.25) is 0 Å². The quantitative estimate of drug-likeness (QED) is 0.169. The molecule has 1 aliphatic heterocycles. The Morgan fingerprint density at radius 2 is 1.76 bits per heavy atom. The van der Waals surface area contributed by atoms with Crippen molar-refractivity contribution in [1.29, 1.82) is 0 Å². The number of imide groups is 1. The van der Waals surface area contributed by atoms with E-state index >= 15 is 0 Å². The van der Waals surface area contributed by atoms with Crippen LogP contribution in [-0.4, -0.2) is 46.6 Å². The standard InChI is InChI=1S/C30H23BrN2O8/c31-22-14-23(35)27-21(28(22)36)13-20-17(25(27)18-3-1-2-4-24(18)41-12-11-34)9-10-19-26(20)30(38)32(29(19)37)15-5-7-16(8-6-15)33(39)40/h1-9,14,19-20,25-26,34H,10-13H2. The number of fused-ring (bicyclic) bond motifs is 3. The van der Waals surface area contributed by atoms with Crippen LogP contribution < -0.4 is 9.64 Å². The predicted octanol–water partition coefficient (Wildman–Crippen LogP) is 3.93. The zero-order valence-corrected chi connectivity index (χ0v) is 23.1. The molecule has 0 saturated carbocycles. The van der Waals surface area contributed by atoms with Gasteiger partial charge >= 0.3 is 0 Å². The molecule has 0 aromatic heterocycles. The van der Waals surface area contributed by atoms with Gasteiger partial charge in [0.1, 0.15) is 12.4 Å². The summed E-state index contributed by atoms with van der Waals surface area (Å²) < 4.78 is 5.94. The molecular formula is C30H23BrN2O8. The largest absolute Gasteiger partial charge is 0.491 e. The van der Waals surface area contributed by atoms with E-state index in [1.54, 1.807) is 24.3 Å². The minimum atomic E-state index is -0.785. The molecule has 6 rings (SSSR count). The van der Waals surface area contributed by atoms with Gasteiger partial charge in [0.15, 0.2) is 11.6 Å². The summed E-state index contributed by atoms with van der Waals surface area (Å²) in [7, 11) is 0. The molecule has 0 spiro atoms. The van der Waals surface area contributed by atoms with Crippen molar-refractivity contribution < 1.29 is 33.9 Å². The predicted molar refractivity (Wildman–Crippen MR) is 149 cm³/mol. The average Bonchev–Trinajstić information content (AvgIpc) is 3.23. The first-order valence-corrected chi connectivity index (χ1v) is 13.9. The lowest BCUT2D eigenvalue weighted by atomic mass is 9.59. The second-order valence-electron chi connectivity index (χ2n) is 10.3. The first-order valence-electron chi connectivity index (χ1n) is 13.1. The van der Waals surface area contributed by atoms with Gasteiger partial charge in [0, 0.05) is 40.8 Å². The van der Waals surface area contributed by atoms with Crippen LogP contribution in [-0.2, 0) is 19.2 Å². The van der Waals surface area contributed by atoms with Gasteiger partial charge in [-0.15, -0.1) is 0 Å². The van der Waals surface area contributed by atoms with Crippen LogP contribution in [0.25, 0.3) is 0 Å². The number of aliphatic hydroxyl groups excluding tert-OH is 1. The molecule has 1 heterocycles. The van der Waals surface area contributed by atoms with Crippen LogP contribution in [0.5, 0.6) is 5.75 Å². The topological polar surface area (TPSA) is 144 Å². The summed E-state index contributed by atoms with van der Waals surface area (Å²) in [5.74, 6) is -3.77. The summed E-state index contributed by atoms with van der Waals surface area (Å²) in [6.07, 6.45) is 3.53. The fourth-order valence-electron chi connectivity index (χ4n) is 6.55. The van der Waals surface area contributed by atoms with Gasteiger partial charge in [0.05, 0.1) is 33.5 Å². The smallest absolute Gasteiger partial charge is 0.269 e. The lowest BCUT2D eigenvalue weighted by Crippen LogP contribution is -2.39. The van der Waals surface area contributed by atoms with Crippen molar-refractivity contribution >= 4 is 50.7 Å². The number of nitro groups is 1. The average molecular weight is 619 g/mol. The second kappa shape index (κ2) is 10.3. The molecule has 2 aromatic rings. The number of ether oxygens (including phenoxy) is 1. The number of allylic oxidation sites excluding steroid dienone is 6. The van der Waals surface area contributed by atoms with Crippen molar-refractivity contribution in [3.05, 3.63) is 97.6 Å². The molecule has 2 aromatic carbocycles.